The molecule has 0 amide bonds. The number of hydrogen-bond donors (Lipinski definition) is 1. The lowest BCUT2D eigenvalue weighted by atomic mass is 10.1. The first-order valence-electron chi connectivity index (χ1n) is 6.16. The molecule has 0 atom stereocenters. The second kappa shape index (κ2) is 5.14. The lowest BCUT2D eigenvalue weighted by molar-refractivity contribution is 0.629. The molecule has 1 aromatic heterocycles. The van der Waals surface area contributed by atoms with Crippen LogP contribution < -0.4 is 5.73 Å². The van der Waals surface area contributed by atoms with E-state index >= 15 is 0 Å². The molecule has 2 N–H and O–H groups in total. The van der Waals surface area contributed by atoms with Crippen LogP contribution in [0.1, 0.15) is 5.56 Å². The molecule has 0 saturated heterocycles. The summed E-state index contributed by atoms with van der Waals surface area (Å²) in [5, 5.41) is 12.1. The van der Waals surface area contributed by atoms with E-state index in [0.717, 1.165) is 11.3 Å². The highest BCUT2D eigenvalue weighted by molar-refractivity contribution is 6.30. The Labute approximate surface area is 125 Å². The number of nitrogens with two attached hydrogens (primary N) is 1. The number of tetrazole rings is 1. The predicted molar refractivity (Wildman–Crippen MR) is 78.7 cm³/mol. The van der Waals surface area contributed by atoms with E-state index in [4.69, 9.17) is 17.3 Å². The molecule has 0 spiro atoms. The third-order valence-corrected chi connectivity index (χ3v) is 3.32. The molecule has 0 bridgehead atoms. The molecular formula is C14H11ClFN5. The number of nitrogens with zero attached hydrogens (tertiary/aromatic N) is 4. The first-order chi connectivity index (χ1) is 10.1. The molecule has 3 rings (SSSR count). The van der Waals surface area contributed by atoms with E-state index in [1.807, 2.05) is 6.92 Å². The molecular weight excluding hydrogens is 293 g/mol. The van der Waals surface area contributed by atoms with Gasteiger partial charge >= 0.3 is 0 Å². The van der Waals surface area contributed by atoms with Gasteiger partial charge in [-0.15, -0.1) is 5.10 Å². The van der Waals surface area contributed by atoms with Crippen molar-refractivity contribution in [1.82, 2.24) is 20.2 Å². The Hall–Kier alpha value is -2.47. The summed E-state index contributed by atoms with van der Waals surface area (Å²) < 4.78 is 15.5. The Balaban J connectivity index is 2.19. The molecule has 0 aliphatic carbocycles. The van der Waals surface area contributed by atoms with E-state index in [-0.39, 0.29) is 11.4 Å². The average Bonchev–Trinajstić information content (AvgIpc) is 2.90. The van der Waals surface area contributed by atoms with Gasteiger partial charge in [-0.3, -0.25) is 0 Å². The Kier molecular flexibility index (Phi) is 3.31. The van der Waals surface area contributed by atoms with E-state index in [9.17, 15) is 4.39 Å². The van der Waals surface area contributed by atoms with E-state index in [0.29, 0.717) is 10.7 Å². The Morgan fingerprint density at radius 3 is 2.76 bits per heavy atom. The van der Waals surface area contributed by atoms with E-state index in [1.54, 1.807) is 18.2 Å². The molecule has 0 fully saturated rings. The first-order valence-corrected chi connectivity index (χ1v) is 6.54. The standard InChI is InChI=1S/C14H11ClFN5/c1-8-6-9(15)2-5-13(8)21-14(18-19-20-21)11-7-10(17)3-4-12(11)16/h2-7H,17H2,1H3. The van der Waals surface area contributed by atoms with Crippen molar-refractivity contribution in [3.63, 3.8) is 0 Å². The Morgan fingerprint density at radius 1 is 1.19 bits per heavy atom. The maximum atomic E-state index is 14.0. The maximum Gasteiger partial charge on any atom is 0.190 e. The molecule has 1 heterocycles. The number of aromatic nitrogens is 4. The van der Waals surface area contributed by atoms with Crippen LogP contribution in [0, 0.1) is 12.7 Å². The van der Waals surface area contributed by atoms with Crippen molar-refractivity contribution >= 4 is 17.3 Å². The lowest BCUT2D eigenvalue weighted by Crippen LogP contribution is -2.03. The van der Waals surface area contributed by atoms with Crippen LogP contribution in [0.5, 0.6) is 0 Å². The van der Waals surface area contributed by atoms with Crippen molar-refractivity contribution in [3.05, 3.63) is 52.8 Å². The number of halogens is 2. The average molecular weight is 304 g/mol. The zero-order valence-corrected chi connectivity index (χ0v) is 11.8. The quantitative estimate of drug-likeness (QED) is 0.739. The van der Waals surface area contributed by atoms with Gasteiger partial charge in [0, 0.05) is 10.7 Å². The van der Waals surface area contributed by atoms with E-state index < -0.39 is 5.82 Å². The number of benzene rings is 2. The zero-order chi connectivity index (χ0) is 15.0. The van der Waals surface area contributed by atoms with Crippen molar-refractivity contribution in [1.29, 1.82) is 0 Å². The fourth-order valence-corrected chi connectivity index (χ4v) is 2.31. The molecule has 106 valence electrons. The summed E-state index contributed by atoms with van der Waals surface area (Å²) in [5.74, 6) is -0.155. The minimum Gasteiger partial charge on any atom is -0.399 e. The highest BCUT2D eigenvalue weighted by Crippen LogP contribution is 2.26. The normalized spacial score (nSPS) is 10.8. The number of hydrogen-bond acceptors (Lipinski definition) is 4. The summed E-state index contributed by atoms with van der Waals surface area (Å²) >= 11 is 5.94. The molecule has 0 unspecified atom stereocenters. The summed E-state index contributed by atoms with van der Waals surface area (Å²) in [6, 6.07) is 9.58. The summed E-state index contributed by atoms with van der Waals surface area (Å²) in [6.45, 7) is 1.88. The van der Waals surface area contributed by atoms with Crippen molar-refractivity contribution in [2.24, 2.45) is 0 Å². The Bertz CT molecular complexity index is 815. The minimum atomic E-state index is -0.438. The third-order valence-electron chi connectivity index (χ3n) is 3.09. The molecule has 5 nitrogen and oxygen atoms in total. The minimum absolute atomic E-state index is 0.245. The van der Waals surface area contributed by atoms with Gasteiger partial charge in [-0.05, 0) is 59.3 Å². The summed E-state index contributed by atoms with van der Waals surface area (Å²) in [4.78, 5) is 0. The summed E-state index contributed by atoms with van der Waals surface area (Å²) in [6.07, 6.45) is 0. The monoisotopic (exact) mass is 303 g/mol. The molecule has 7 heteroatoms. The van der Waals surface area contributed by atoms with E-state index in [2.05, 4.69) is 15.5 Å². The smallest absolute Gasteiger partial charge is 0.190 e. The van der Waals surface area contributed by atoms with Gasteiger partial charge in [0.05, 0.1) is 11.3 Å². The van der Waals surface area contributed by atoms with Gasteiger partial charge < -0.3 is 5.73 Å². The van der Waals surface area contributed by atoms with Crippen LogP contribution >= 0.6 is 11.6 Å². The topological polar surface area (TPSA) is 69.6 Å². The number of rotatable bonds is 2. The molecule has 3 aromatic rings. The van der Waals surface area contributed by atoms with Gasteiger partial charge in [-0.25, -0.2) is 4.39 Å². The molecule has 0 aliphatic heterocycles. The van der Waals surface area contributed by atoms with Gasteiger partial charge in [0.2, 0.25) is 0 Å². The number of nitrogen functional groups attached to an aromatic ring is 1. The van der Waals surface area contributed by atoms with Gasteiger partial charge in [0.15, 0.2) is 5.82 Å². The highest BCUT2D eigenvalue weighted by atomic mass is 35.5. The largest absolute Gasteiger partial charge is 0.399 e. The van der Waals surface area contributed by atoms with Crippen LogP contribution in [0.15, 0.2) is 36.4 Å². The third kappa shape index (κ3) is 2.45. The summed E-state index contributed by atoms with van der Waals surface area (Å²) in [7, 11) is 0. The van der Waals surface area contributed by atoms with Crippen molar-refractivity contribution < 1.29 is 4.39 Å². The molecule has 0 aliphatic rings. The van der Waals surface area contributed by atoms with E-state index in [1.165, 1.54) is 22.9 Å². The van der Waals surface area contributed by atoms with Crippen molar-refractivity contribution in [2.45, 2.75) is 6.92 Å². The maximum absolute atomic E-state index is 14.0. The van der Waals surface area contributed by atoms with Gasteiger partial charge in [0.25, 0.3) is 0 Å². The fourth-order valence-electron chi connectivity index (χ4n) is 2.09. The van der Waals surface area contributed by atoms with Gasteiger partial charge in [-0.2, -0.15) is 4.68 Å². The SMILES string of the molecule is Cc1cc(Cl)ccc1-n1nnnc1-c1cc(N)ccc1F. The van der Waals surface area contributed by atoms with Crippen LogP contribution in [0.2, 0.25) is 5.02 Å². The van der Waals surface area contributed by atoms with Crippen LogP contribution in [0.3, 0.4) is 0 Å². The van der Waals surface area contributed by atoms with Crippen LogP contribution in [0.4, 0.5) is 10.1 Å². The van der Waals surface area contributed by atoms with Crippen LogP contribution in [-0.4, -0.2) is 20.2 Å². The van der Waals surface area contributed by atoms with Gasteiger partial charge in [-0.1, -0.05) is 11.6 Å². The molecule has 2 aromatic carbocycles. The molecule has 0 saturated carbocycles. The second-order valence-electron chi connectivity index (χ2n) is 4.58. The fraction of sp³-hybridized carbons (Fsp3) is 0.0714. The van der Waals surface area contributed by atoms with Crippen LogP contribution in [-0.2, 0) is 0 Å². The summed E-state index contributed by atoms with van der Waals surface area (Å²) in [5.41, 5.74) is 7.99. The molecule has 21 heavy (non-hydrogen) atoms. The first kappa shape index (κ1) is 13.5. The van der Waals surface area contributed by atoms with Crippen molar-refractivity contribution in [2.75, 3.05) is 5.73 Å². The Morgan fingerprint density at radius 2 is 2.00 bits per heavy atom. The zero-order valence-electron chi connectivity index (χ0n) is 11.1. The van der Waals surface area contributed by atoms with Crippen LogP contribution in [0.25, 0.3) is 17.1 Å². The van der Waals surface area contributed by atoms with Gasteiger partial charge in [0.1, 0.15) is 5.82 Å². The number of anilines is 1. The highest BCUT2D eigenvalue weighted by Gasteiger charge is 2.16. The lowest BCUT2D eigenvalue weighted by Gasteiger charge is -2.09. The molecule has 0 radical (unpaired) electrons. The second-order valence-corrected chi connectivity index (χ2v) is 5.02. The number of aryl methyl sites for hydroxylation is 1. The predicted octanol–water partition coefficient (Wildman–Crippen LogP) is 3.01. The van der Waals surface area contributed by atoms with Crippen molar-refractivity contribution in [3.8, 4) is 17.1 Å².